The second kappa shape index (κ2) is 9.23. The normalized spacial score (nSPS) is 18.8. The fourth-order valence-corrected chi connectivity index (χ4v) is 1.96. The average molecular weight is 251 g/mol. The van der Waals surface area contributed by atoms with Gasteiger partial charge in [0, 0.05) is 13.2 Å². The van der Waals surface area contributed by atoms with Gasteiger partial charge in [0.05, 0.1) is 6.61 Å². The van der Waals surface area contributed by atoms with E-state index in [1.165, 1.54) is 25.9 Å². The molecule has 3 nitrogen and oxygen atoms in total. The van der Waals surface area contributed by atoms with Crippen LogP contribution in [0.25, 0.3) is 0 Å². The van der Waals surface area contributed by atoms with E-state index in [1.807, 2.05) is 0 Å². The third-order valence-corrected chi connectivity index (χ3v) is 3.04. The van der Waals surface area contributed by atoms with Gasteiger partial charge in [0.2, 0.25) is 0 Å². The largest absolute Gasteiger partial charge is 0.380 e. The van der Waals surface area contributed by atoms with Crippen molar-refractivity contribution in [2.45, 2.75) is 26.7 Å². The van der Waals surface area contributed by atoms with E-state index in [1.54, 1.807) is 0 Å². The molecule has 0 radical (unpaired) electrons. The molecular formula is C12H27ClN2O. The van der Waals surface area contributed by atoms with Crippen LogP contribution in [0.3, 0.4) is 0 Å². The topological polar surface area (TPSA) is 38.5 Å². The summed E-state index contributed by atoms with van der Waals surface area (Å²) in [5.74, 6) is 1.41. The first kappa shape index (κ1) is 16.2. The Morgan fingerprint density at radius 1 is 1.31 bits per heavy atom. The van der Waals surface area contributed by atoms with Crippen LogP contribution in [0.15, 0.2) is 0 Å². The van der Waals surface area contributed by atoms with Crippen LogP contribution >= 0.6 is 12.4 Å². The Bertz CT molecular complexity index is 159. The molecule has 1 heterocycles. The summed E-state index contributed by atoms with van der Waals surface area (Å²) in [5.41, 5.74) is 5.66. The quantitative estimate of drug-likeness (QED) is 0.730. The van der Waals surface area contributed by atoms with Gasteiger partial charge in [-0.25, -0.2) is 0 Å². The molecule has 0 aromatic carbocycles. The SMILES string of the molecule is CC(C)COCCN1CCC(CN)CC1.Cl. The van der Waals surface area contributed by atoms with Crippen molar-refractivity contribution >= 4 is 12.4 Å². The number of halogens is 1. The second-order valence-corrected chi connectivity index (χ2v) is 4.99. The van der Waals surface area contributed by atoms with Gasteiger partial charge in [-0.05, 0) is 44.3 Å². The zero-order valence-corrected chi connectivity index (χ0v) is 11.5. The van der Waals surface area contributed by atoms with Crippen LogP contribution in [0.2, 0.25) is 0 Å². The van der Waals surface area contributed by atoms with Gasteiger partial charge in [0.25, 0.3) is 0 Å². The lowest BCUT2D eigenvalue weighted by Crippen LogP contribution is -2.38. The van der Waals surface area contributed by atoms with E-state index in [2.05, 4.69) is 18.7 Å². The maximum atomic E-state index is 5.66. The van der Waals surface area contributed by atoms with E-state index in [4.69, 9.17) is 10.5 Å². The third kappa shape index (κ3) is 6.69. The molecule has 0 aromatic heterocycles. The van der Waals surface area contributed by atoms with Gasteiger partial charge in [0.1, 0.15) is 0 Å². The predicted octanol–water partition coefficient (Wildman–Crippen LogP) is 1.75. The van der Waals surface area contributed by atoms with Crippen LogP contribution in [-0.2, 0) is 4.74 Å². The Balaban J connectivity index is 0.00000225. The Labute approximate surface area is 106 Å². The second-order valence-electron chi connectivity index (χ2n) is 4.99. The van der Waals surface area contributed by atoms with Crippen molar-refractivity contribution in [3.05, 3.63) is 0 Å². The van der Waals surface area contributed by atoms with E-state index >= 15 is 0 Å². The van der Waals surface area contributed by atoms with E-state index < -0.39 is 0 Å². The van der Waals surface area contributed by atoms with Crippen LogP contribution in [0.1, 0.15) is 26.7 Å². The molecule has 0 unspecified atom stereocenters. The van der Waals surface area contributed by atoms with Crippen molar-refractivity contribution in [2.75, 3.05) is 39.4 Å². The molecule has 0 bridgehead atoms. The first-order chi connectivity index (χ1) is 7.22. The highest BCUT2D eigenvalue weighted by Gasteiger charge is 2.17. The summed E-state index contributed by atoms with van der Waals surface area (Å²) in [7, 11) is 0. The number of likely N-dealkylation sites (tertiary alicyclic amines) is 1. The van der Waals surface area contributed by atoms with Crippen molar-refractivity contribution in [1.82, 2.24) is 4.90 Å². The molecule has 4 heteroatoms. The Morgan fingerprint density at radius 3 is 2.44 bits per heavy atom. The lowest BCUT2D eigenvalue weighted by molar-refractivity contribution is 0.0745. The molecule has 98 valence electrons. The molecule has 0 amide bonds. The maximum absolute atomic E-state index is 5.66. The third-order valence-electron chi connectivity index (χ3n) is 3.04. The first-order valence-corrected chi connectivity index (χ1v) is 6.22. The molecule has 16 heavy (non-hydrogen) atoms. The summed E-state index contributed by atoms with van der Waals surface area (Å²) in [6.45, 7) is 10.5. The lowest BCUT2D eigenvalue weighted by atomic mass is 9.97. The Kier molecular flexibility index (Phi) is 9.32. The summed E-state index contributed by atoms with van der Waals surface area (Å²) in [5, 5.41) is 0. The monoisotopic (exact) mass is 250 g/mol. The van der Waals surface area contributed by atoms with Crippen LogP contribution < -0.4 is 5.73 Å². The van der Waals surface area contributed by atoms with Gasteiger partial charge in [-0.2, -0.15) is 0 Å². The zero-order chi connectivity index (χ0) is 11.1. The molecule has 0 aromatic rings. The minimum atomic E-state index is 0. The first-order valence-electron chi connectivity index (χ1n) is 6.22. The molecule has 0 aliphatic carbocycles. The van der Waals surface area contributed by atoms with Crippen molar-refractivity contribution in [3.8, 4) is 0 Å². The fourth-order valence-electron chi connectivity index (χ4n) is 1.96. The predicted molar refractivity (Wildman–Crippen MR) is 71.1 cm³/mol. The number of hydrogen-bond acceptors (Lipinski definition) is 3. The highest BCUT2D eigenvalue weighted by atomic mass is 35.5. The molecule has 1 aliphatic rings. The van der Waals surface area contributed by atoms with Gasteiger partial charge in [0.15, 0.2) is 0 Å². The zero-order valence-electron chi connectivity index (χ0n) is 10.7. The molecule has 1 saturated heterocycles. The summed E-state index contributed by atoms with van der Waals surface area (Å²) >= 11 is 0. The van der Waals surface area contributed by atoms with Gasteiger partial charge >= 0.3 is 0 Å². The molecular weight excluding hydrogens is 224 g/mol. The smallest absolute Gasteiger partial charge is 0.0593 e. The fraction of sp³-hybridized carbons (Fsp3) is 1.00. The number of nitrogens with two attached hydrogens (primary N) is 1. The van der Waals surface area contributed by atoms with Gasteiger partial charge in [-0.3, -0.25) is 0 Å². The lowest BCUT2D eigenvalue weighted by Gasteiger charge is -2.31. The number of rotatable bonds is 6. The molecule has 0 saturated carbocycles. The van der Waals surface area contributed by atoms with E-state index in [0.717, 1.165) is 32.2 Å². The molecule has 0 spiro atoms. The van der Waals surface area contributed by atoms with Crippen LogP contribution in [-0.4, -0.2) is 44.3 Å². The minimum Gasteiger partial charge on any atom is -0.380 e. The summed E-state index contributed by atoms with van der Waals surface area (Å²) in [6.07, 6.45) is 2.53. The number of ether oxygens (including phenoxy) is 1. The number of hydrogen-bond donors (Lipinski definition) is 1. The summed E-state index contributed by atoms with van der Waals surface area (Å²) in [6, 6.07) is 0. The highest BCUT2D eigenvalue weighted by molar-refractivity contribution is 5.85. The van der Waals surface area contributed by atoms with Crippen molar-refractivity contribution < 1.29 is 4.74 Å². The van der Waals surface area contributed by atoms with Crippen LogP contribution in [0.5, 0.6) is 0 Å². The molecule has 1 aliphatic heterocycles. The van der Waals surface area contributed by atoms with E-state index in [9.17, 15) is 0 Å². The van der Waals surface area contributed by atoms with Crippen LogP contribution in [0.4, 0.5) is 0 Å². The average Bonchev–Trinajstić information content (AvgIpc) is 2.25. The summed E-state index contributed by atoms with van der Waals surface area (Å²) in [4.78, 5) is 2.49. The van der Waals surface area contributed by atoms with Gasteiger partial charge in [-0.1, -0.05) is 13.8 Å². The van der Waals surface area contributed by atoms with Crippen molar-refractivity contribution in [1.29, 1.82) is 0 Å². The van der Waals surface area contributed by atoms with Crippen molar-refractivity contribution in [2.24, 2.45) is 17.6 Å². The molecule has 1 fully saturated rings. The number of nitrogens with zero attached hydrogens (tertiary/aromatic N) is 1. The van der Waals surface area contributed by atoms with E-state index in [0.29, 0.717) is 5.92 Å². The number of piperidine rings is 1. The highest BCUT2D eigenvalue weighted by Crippen LogP contribution is 2.15. The minimum absolute atomic E-state index is 0. The molecule has 0 atom stereocenters. The Hall–Kier alpha value is 0.170. The maximum Gasteiger partial charge on any atom is 0.0593 e. The molecule has 2 N–H and O–H groups in total. The van der Waals surface area contributed by atoms with Crippen molar-refractivity contribution in [3.63, 3.8) is 0 Å². The van der Waals surface area contributed by atoms with Crippen LogP contribution in [0, 0.1) is 11.8 Å². The van der Waals surface area contributed by atoms with E-state index in [-0.39, 0.29) is 12.4 Å². The summed E-state index contributed by atoms with van der Waals surface area (Å²) < 4.78 is 5.58. The standard InChI is InChI=1S/C12H26N2O.ClH/c1-11(2)10-15-8-7-14-5-3-12(9-13)4-6-14;/h11-12H,3-10,13H2,1-2H3;1H. The van der Waals surface area contributed by atoms with Gasteiger partial charge in [-0.15, -0.1) is 12.4 Å². The molecule has 1 rings (SSSR count). The Morgan fingerprint density at radius 2 is 1.94 bits per heavy atom. The van der Waals surface area contributed by atoms with Gasteiger partial charge < -0.3 is 15.4 Å².